The van der Waals surface area contributed by atoms with Gasteiger partial charge in [0, 0.05) is 7.11 Å². The fourth-order valence-corrected chi connectivity index (χ4v) is 1.10. The van der Waals surface area contributed by atoms with Gasteiger partial charge < -0.3 is 9.84 Å². The second kappa shape index (κ2) is 5.62. The average Bonchev–Trinajstić information content (AvgIpc) is 2.31. The monoisotopic (exact) mass is 238 g/mol. The van der Waals surface area contributed by atoms with E-state index in [4.69, 9.17) is 15.1 Å². The molecule has 0 fully saturated rings. The van der Waals surface area contributed by atoms with E-state index in [1.807, 2.05) is 0 Å². The summed E-state index contributed by atoms with van der Waals surface area (Å²) in [7, 11) is 1.43. The Balaban J connectivity index is 3.07. The fraction of sp³-hybridized carbons (Fsp3) is 0.333. The molecule has 1 rings (SSSR count). The third kappa shape index (κ3) is 3.02. The number of rotatable bonds is 4. The zero-order valence-corrected chi connectivity index (χ0v) is 9.03. The van der Waals surface area contributed by atoms with Gasteiger partial charge in [-0.2, -0.15) is 10.2 Å². The lowest BCUT2D eigenvalue weighted by molar-refractivity contribution is 0.176. The quantitative estimate of drug-likeness (QED) is 0.748. The number of aromatic nitrogens is 2. The fourth-order valence-electron chi connectivity index (χ4n) is 1.10. The Morgan fingerprint density at radius 3 is 3.00 bits per heavy atom. The summed E-state index contributed by atoms with van der Waals surface area (Å²) in [5.41, 5.74) is -0.919. The van der Waals surface area contributed by atoms with Gasteiger partial charge in [0.05, 0.1) is 19.3 Å². The van der Waals surface area contributed by atoms with Gasteiger partial charge in [0.2, 0.25) is 0 Å². The van der Waals surface area contributed by atoms with E-state index < -0.39 is 11.7 Å². The predicted molar refractivity (Wildman–Crippen MR) is 56.2 cm³/mol. The molecule has 1 N–H and O–H groups in total. The van der Waals surface area contributed by atoms with Gasteiger partial charge in [-0.15, -0.1) is 0 Å². The van der Waals surface area contributed by atoms with Crippen molar-refractivity contribution in [2.45, 2.75) is 0 Å². The van der Waals surface area contributed by atoms with Gasteiger partial charge in [-0.25, -0.2) is 14.5 Å². The summed E-state index contributed by atoms with van der Waals surface area (Å²) < 4.78 is 5.82. The van der Waals surface area contributed by atoms with Crippen LogP contribution < -0.4 is 10.6 Å². The van der Waals surface area contributed by atoms with Crippen LogP contribution in [0.4, 0.5) is 4.79 Å². The van der Waals surface area contributed by atoms with Crippen LogP contribution in [0.5, 0.6) is 0 Å². The lowest BCUT2D eigenvalue weighted by Crippen LogP contribution is -2.42. The average molecular weight is 238 g/mol. The Morgan fingerprint density at radius 2 is 2.47 bits per heavy atom. The third-order valence-electron chi connectivity index (χ3n) is 1.91. The van der Waals surface area contributed by atoms with Crippen LogP contribution in [0, 0.1) is 11.3 Å². The van der Waals surface area contributed by atoms with E-state index in [1.54, 1.807) is 6.07 Å². The first-order chi connectivity index (χ1) is 8.10. The van der Waals surface area contributed by atoms with Crippen LogP contribution in [-0.4, -0.2) is 41.1 Å². The van der Waals surface area contributed by atoms with E-state index in [-0.39, 0.29) is 18.7 Å². The molecule has 90 valence electrons. The van der Waals surface area contributed by atoms with Crippen LogP contribution in [0.1, 0.15) is 5.56 Å². The molecule has 0 bridgehead atoms. The molecular weight excluding hydrogens is 228 g/mol. The number of carbonyl (C=O) groups is 1. The minimum atomic E-state index is -1.24. The Hall–Kier alpha value is -2.40. The smallest absolute Gasteiger partial charge is 0.426 e. The maximum absolute atomic E-state index is 11.1. The summed E-state index contributed by atoms with van der Waals surface area (Å²) >= 11 is 0. The van der Waals surface area contributed by atoms with Crippen LogP contribution >= 0.6 is 0 Å². The summed E-state index contributed by atoms with van der Waals surface area (Å²) in [6, 6.07) is 1.64. The van der Waals surface area contributed by atoms with Crippen LogP contribution in [0.3, 0.4) is 0 Å². The van der Waals surface area contributed by atoms with E-state index >= 15 is 0 Å². The zero-order valence-electron chi connectivity index (χ0n) is 9.03. The standard InChI is InChI=1S/C9H10N4O4/c1-17-3-2-13(9(15)16)12-5-7(4-10)8(14)11-6-12/h5-6H,2-3H2,1H3,(H,15,16). The summed E-state index contributed by atoms with van der Waals surface area (Å²) in [4.78, 5) is 25.4. The second-order valence-corrected chi connectivity index (χ2v) is 2.98. The zero-order chi connectivity index (χ0) is 12.8. The molecular formula is C9H10N4O4. The van der Waals surface area contributed by atoms with Crippen molar-refractivity contribution in [2.24, 2.45) is 0 Å². The van der Waals surface area contributed by atoms with Gasteiger partial charge in [-0.1, -0.05) is 0 Å². The van der Waals surface area contributed by atoms with E-state index in [0.717, 1.165) is 22.2 Å². The molecule has 8 nitrogen and oxygen atoms in total. The summed E-state index contributed by atoms with van der Waals surface area (Å²) in [6.07, 6.45) is 0.905. The van der Waals surface area contributed by atoms with Crippen LogP contribution in [0.25, 0.3) is 0 Å². The first-order valence-electron chi connectivity index (χ1n) is 4.58. The Kier molecular flexibility index (Phi) is 4.19. The highest BCUT2D eigenvalue weighted by Gasteiger charge is 2.14. The van der Waals surface area contributed by atoms with Crippen molar-refractivity contribution in [3.63, 3.8) is 0 Å². The van der Waals surface area contributed by atoms with Crippen molar-refractivity contribution in [2.75, 3.05) is 25.3 Å². The van der Waals surface area contributed by atoms with Gasteiger partial charge in [0.15, 0.2) is 0 Å². The molecule has 8 heteroatoms. The number of hydrogen-bond donors (Lipinski definition) is 1. The number of nitrogens with zero attached hydrogens (tertiary/aromatic N) is 4. The lowest BCUT2D eigenvalue weighted by atomic mass is 10.4. The van der Waals surface area contributed by atoms with Gasteiger partial charge in [-0.3, -0.25) is 4.79 Å². The van der Waals surface area contributed by atoms with Crippen LogP contribution in [0.2, 0.25) is 0 Å². The Labute approximate surface area is 96.3 Å². The van der Waals surface area contributed by atoms with E-state index in [0.29, 0.717) is 0 Å². The topological polar surface area (TPSA) is 108 Å². The maximum atomic E-state index is 11.1. The Bertz CT molecular complexity index is 504. The number of carboxylic acid groups (broad SMARTS) is 1. The number of amides is 1. The molecule has 0 spiro atoms. The number of methoxy groups -OCH3 is 1. The lowest BCUT2D eigenvalue weighted by Gasteiger charge is -2.20. The molecule has 1 amide bonds. The molecule has 0 aromatic carbocycles. The first-order valence-corrected chi connectivity index (χ1v) is 4.58. The van der Waals surface area contributed by atoms with E-state index in [9.17, 15) is 9.59 Å². The summed E-state index contributed by atoms with van der Waals surface area (Å²) in [6.45, 7) is 0.238. The molecule has 0 aliphatic heterocycles. The molecule has 1 aromatic rings. The molecule has 0 radical (unpaired) electrons. The van der Waals surface area contributed by atoms with Crippen LogP contribution in [0.15, 0.2) is 17.3 Å². The largest absolute Gasteiger partial charge is 0.464 e. The third-order valence-corrected chi connectivity index (χ3v) is 1.91. The highest BCUT2D eigenvalue weighted by atomic mass is 16.5. The summed E-state index contributed by atoms with van der Waals surface area (Å²) in [5.74, 6) is 0. The van der Waals surface area contributed by atoms with E-state index in [2.05, 4.69) is 4.98 Å². The molecule has 0 unspecified atom stereocenters. The van der Waals surface area contributed by atoms with Gasteiger partial charge in [-0.05, 0) is 0 Å². The highest BCUT2D eigenvalue weighted by molar-refractivity contribution is 5.76. The normalized spacial score (nSPS) is 9.65. The van der Waals surface area contributed by atoms with Gasteiger partial charge in [0.25, 0.3) is 5.56 Å². The van der Waals surface area contributed by atoms with Crippen molar-refractivity contribution in [1.82, 2.24) is 9.66 Å². The molecule has 1 aromatic heterocycles. The maximum Gasteiger partial charge on any atom is 0.426 e. The number of ether oxygens (including phenoxy) is 1. The first kappa shape index (κ1) is 12.7. The van der Waals surface area contributed by atoms with Crippen molar-refractivity contribution in [1.29, 1.82) is 5.26 Å². The second-order valence-electron chi connectivity index (χ2n) is 2.98. The molecule has 0 saturated carbocycles. The van der Waals surface area contributed by atoms with Crippen molar-refractivity contribution in [3.05, 3.63) is 28.4 Å². The molecule has 0 saturated heterocycles. The van der Waals surface area contributed by atoms with E-state index in [1.165, 1.54) is 7.11 Å². The minimum Gasteiger partial charge on any atom is -0.464 e. The molecule has 1 heterocycles. The van der Waals surface area contributed by atoms with Gasteiger partial charge in [0.1, 0.15) is 18.0 Å². The summed E-state index contributed by atoms with van der Waals surface area (Å²) in [5, 5.41) is 18.5. The van der Waals surface area contributed by atoms with Crippen molar-refractivity contribution >= 4 is 6.09 Å². The van der Waals surface area contributed by atoms with Crippen molar-refractivity contribution in [3.8, 4) is 6.07 Å². The van der Waals surface area contributed by atoms with Crippen LogP contribution in [-0.2, 0) is 4.74 Å². The predicted octanol–water partition coefficient (Wildman–Crippen LogP) is -0.623. The number of hydrogen-bond acceptors (Lipinski definition) is 5. The SMILES string of the molecule is COCCN(C(=O)O)n1cnc(=O)c(C#N)c1. The molecule has 0 atom stereocenters. The minimum absolute atomic E-state index is 0.0568. The highest BCUT2D eigenvalue weighted by Crippen LogP contribution is 1.93. The Morgan fingerprint density at radius 1 is 1.76 bits per heavy atom. The van der Waals surface area contributed by atoms with Gasteiger partial charge >= 0.3 is 6.09 Å². The molecule has 17 heavy (non-hydrogen) atoms. The van der Waals surface area contributed by atoms with Crippen molar-refractivity contribution < 1.29 is 14.6 Å². The number of nitriles is 1. The molecule has 0 aliphatic carbocycles. The molecule has 0 aliphatic rings.